The second-order valence-corrected chi connectivity index (χ2v) is 9.24. The number of benzene rings is 2. The number of fused-ring (bicyclic) bond motifs is 1. The number of carbonyl (C=O) groups is 1. The van der Waals surface area contributed by atoms with E-state index in [2.05, 4.69) is 31.1 Å². The molecule has 0 atom stereocenters. The molecule has 2 aromatic carbocycles. The van der Waals surface area contributed by atoms with Crippen LogP contribution in [0.5, 0.6) is 5.75 Å². The Labute approximate surface area is 192 Å². The van der Waals surface area contributed by atoms with Crippen molar-refractivity contribution in [2.75, 3.05) is 23.4 Å². The minimum Gasteiger partial charge on any atom is -0.489 e. The van der Waals surface area contributed by atoms with Crippen LogP contribution >= 0.6 is 23.2 Å². The smallest absolute Gasteiger partial charge is 0.259 e. The normalized spacial score (nSPS) is 13.4. The van der Waals surface area contributed by atoms with E-state index in [1.165, 1.54) is 5.56 Å². The maximum Gasteiger partial charge on any atom is 0.259 e. The predicted molar refractivity (Wildman–Crippen MR) is 126 cm³/mol. The molecule has 31 heavy (non-hydrogen) atoms. The van der Waals surface area contributed by atoms with Crippen molar-refractivity contribution < 1.29 is 9.53 Å². The number of nitrogens with zero attached hydrogens (tertiary/aromatic N) is 2. The van der Waals surface area contributed by atoms with Gasteiger partial charge in [-0.25, -0.2) is 4.98 Å². The predicted octanol–water partition coefficient (Wildman–Crippen LogP) is 6.47. The lowest BCUT2D eigenvalue weighted by molar-refractivity contribution is 0.102. The zero-order valence-corrected chi connectivity index (χ0v) is 19.1. The first kappa shape index (κ1) is 21.5. The maximum atomic E-state index is 13.1. The summed E-state index contributed by atoms with van der Waals surface area (Å²) in [6, 6.07) is 14.8. The van der Waals surface area contributed by atoms with Crippen molar-refractivity contribution in [3.8, 4) is 5.75 Å². The molecule has 3 aromatic rings. The Kier molecular flexibility index (Phi) is 5.82. The highest BCUT2D eigenvalue weighted by atomic mass is 35.5. The van der Waals surface area contributed by atoms with E-state index in [0.29, 0.717) is 51.7 Å². The van der Waals surface area contributed by atoms with Crippen molar-refractivity contribution in [3.05, 3.63) is 75.9 Å². The quantitative estimate of drug-likeness (QED) is 0.491. The van der Waals surface area contributed by atoms with Crippen molar-refractivity contribution in [1.82, 2.24) is 4.98 Å². The molecule has 0 bridgehead atoms. The summed E-state index contributed by atoms with van der Waals surface area (Å²) < 4.78 is 5.89. The van der Waals surface area contributed by atoms with Gasteiger partial charge in [0.25, 0.3) is 5.91 Å². The Bertz CT molecular complexity index is 1120. The van der Waals surface area contributed by atoms with Crippen LogP contribution in [0.2, 0.25) is 10.0 Å². The monoisotopic (exact) mass is 455 g/mol. The van der Waals surface area contributed by atoms with Crippen molar-refractivity contribution >= 4 is 46.3 Å². The van der Waals surface area contributed by atoms with Crippen LogP contribution in [-0.4, -0.2) is 24.0 Å². The largest absolute Gasteiger partial charge is 0.489 e. The second kappa shape index (κ2) is 8.40. The third kappa shape index (κ3) is 4.48. The molecule has 1 N–H and O–H groups in total. The zero-order valence-electron chi connectivity index (χ0n) is 17.6. The number of aromatic nitrogens is 1. The summed E-state index contributed by atoms with van der Waals surface area (Å²) in [6.45, 7) is 7.38. The van der Waals surface area contributed by atoms with Gasteiger partial charge in [-0.2, -0.15) is 0 Å². The Balaban J connectivity index is 1.67. The fourth-order valence-electron chi connectivity index (χ4n) is 3.51. The number of halogens is 2. The highest BCUT2D eigenvalue weighted by Crippen LogP contribution is 2.42. The molecule has 1 aliphatic rings. The number of carbonyl (C=O) groups excluding carboxylic acids is 1. The topological polar surface area (TPSA) is 54.5 Å². The summed E-state index contributed by atoms with van der Waals surface area (Å²) in [6.07, 6.45) is 1.68. The molecule has 1 amide bonds. The molecule has 1 aliphatic heterocycles. The molecule has 0 saturated carbocycles. The van der Waals surface area contributed by atoms with Gasteiger partial charge >= 0.3 is 0 Å². The summed E-state index contributed by atoms with van der Waals surface area (Å²) in [4.78, 5) is 19.4. The number of nitrogens with one attached hydrogen (secondary N) is 1. The number of anilines is 3. The van der Waals surface area contributed by atoms with Crippen molar-refractivity contribution in [2.24, 2.45) is 0 Å². The van der Waals surface area contributed by atoms with Crippen LogP contribution in [0.1, 0.15) is 36.7 Å². The lowest BCUT2D eigenvalue weighted by atomic mass is 9.87. The minimum absolute atomic E-state index is 0.0403. The van der Waals surface area contributed by atoms with Gasteiger partial charge in [0.15, 0.2) is 11.6 Å². The first-order chi connectivity index (χ1) is 14.7. The van der Waals surface area contributed by atoms with E-state index < -0.39 is 0 Å². The molecule has 7 heteroatoms. The molecule has 0 saturated heterocycles. The highest BCUT2D eigenvalue weighted by molar-refractivity contribution is 6.33. The number of amides is 1. The highest BCUT2D eigenvalue weighted by Gasteiger charge is 2.28. The summed E-state index contributed by atoms with van der Waals surface area (Å²) in [5, 5.41) is 3.88. The molecule has 0 unspecified atom stereocenters. The number of ether oxygens (including phenoxy) is 1. The van der Waals surface area contributed by atoms with Gasteiger partial charge in [-0.3, -0.25) is 4.79 Å². The Morgan fingerprint density at radius 1 is 1.13 bits per heavy atom. The average molecular weight is 456 g/mol. The van der Waals surface area contributed by atoms with Crippen LogP contribution in [0.4, 0.5) is 17.2 Å². The second-order valence-electron chi connectivity index (χ2n) is 8.39. The van der Waals surface area contributed by atoms with Crippen molar-refractivity contribution in [1.29, 1.82) is 0 Å². The molecule has 4 rings (SSSR count). The molecular formula is C24H23Cl2N3O2. The molecule has 2 heterocycles. The van der Waals surface area contributed by atoms with Crippen molar-refractivity contribution in [2.45, 2.75) is 26.2 Å². The fraction of sp³-hybridized carbons (Fsp3) is 0.250. The fourth-order valence-corrected chi connectivity index (χ4v) is 3.94. The van der Waals surface area contributed by atoms with Gasteiger partial charge in [-0.1, -0.05) is 56.1 Å². The van der Waals surface area contributed by atoms with Crippen LogP contribution in [-0.2, 0) is 5.41 Å². The van der Waals surface area contributed by atoms with E-state index in [9.17, 15) is 4.79 Å². The van der Waals surface area contributed by atoms with Gasteiger partial charge in [0, 0.05) is 16.9 Å². The van der Waals surface area contributed by atoms with Gasteiger partial charge in [0.05, 0.1) is 22.8 Å². The Morgan fingerprint density at radius 2 is 1.87 bits per heavy atom. The molecule has 0 fully saturated rings. The van der Waals surface area contributed by atoms with Gasteiger partial charge in [0.2, 0.25) is 0 Å². The third-order valence-electron chi connectivity index (χ3n) is 5.13. The van der Waals surface area contributed by atoms with E-state index in [1.54, 1.807) is 30.5 Å². The van der Waals surface area contributed by atoms with Crippen LogP contribution in [0.3, 0.4) is 0 Å². The van der Waals surface area contributed by atoms with Crippen molar-refractivity contribution in [3.63, 3.8) is 0 Å². The van der Waals surface area contributed by atoms with E-state index in [1.807, 2.05) is 29.2 Å². The zero-order chi connectivity index (χ0) is 22.2. The van der Waals surface area contributed by atoms with Crippen LogP contribution in [0.25, 0.3) is 0 Å². The summed E-state index contributed by atoms with van der Waals surface area (Å²) in [5.41, 5.74) is 2.95. The van der Waals surface area contributed by atoms with Crippen LogP contribution in [0, 0.1) is 0 Å². The first-order valence-corrected chi connectivity index (χ1v) is 10.8. The minimum atomic E-state index is -0.295. The number of pyridine rings is 1. The summed E-state index contributed by atoms with van der Waals surface area (Å²) >= 11 is 12.7. The van der Waals surface area contributed by atoms with E-state index in [4.69, 9.17) is 27.9 Å². The standard InChI is InChI=1S/C24H23Cl2N3O2/c1-24(2,3)15-6-8-17(9-7-15)28-23(30)18-13-16(25)14-20-21(18)31-12-11-29(20)22-19(26)5-4-10-27-22/h4-10,13-14H,11-12H2,1-3H3,(H,28,30). The number of hydrogen-bond donors (Lipinski definition) is 1. The summed E-state index contributed by atoms with van der Waals surface area (Å²) in [7, 11) is 0. The molecule has 160 valence electrons. The Morgan fingerprint density at radius 3 is 2.55 bits per heavy atom. The van der Waals surface area contributed by atoms with E-state index in [-0.39, 0.29) is 11.3 Å². The molecule has 5 nitrogen and oxygen atoms in total. The van der Waals surface area contributed by atoms with Crippen LogP contribution < -0.4 is 15.0 Å². The lowest BCUT2D eigenvalue weighted by Crippen LogP contribution is -2.31. The number of rotatable bonds is 3. The molecule has 0 radical (unpaired) electrons. The third-order valence-corrected chi connectivity index (χ3v) is 5.65. The Hall–Kier alpha value is -2.76. The SMILES string of the molecule is CC(C)(C)c1ccc(NC(=O)c2cc(Cl)cc3c2OCCN3c2ncccc2Cl)cc1. The van der Waals surface area contributed by atoms with E-state index >= 15 is 0 Å². The summed E-state index contributed by atoms with van der Waals surface area (Å²) in [5.74, 6) is 0.762. The molecule has 0 aliphatic carbocycles. The van der Waals surface area contributed by atoms with Crippen LogP contribution in [0.15, 0.2) is 54.7 Å². The maximum absolute atomic E-state index is 13.1. The molecule has 1 aromatic heterocycles. The van der Waals surface area contributed by atoms with Gasteiger partial charge in [-0.15, -0.1) is 0 Å². The van der Waals surface area contributed by atoms with Gasteiger partial charge < -0.3 is 15.0 Å². The molecular weight excluding hydrogens is 433 g/mol. The van der Waals surface area contributed by atoms with Gasteiger partial charge in [-0.05, 0) is 47.4 Å². The lowest BCUT2D eigenvalue weighted by Gasteiger charge is -2.32. The van der Waals surface area contributed by atoms with E-state index in [0.717, 1.165) is 0 Å². The number of hydrogen-bond acceptors (Lipinski definition) is 4. The first-order valence-electron chi connectivity index (χ1n) is 10.0. The molecule has 0 spiro atoms. The van der Waals surface area contributed by atoms with Gasteiger partial charge in [0.1, 0.15) is 6.61 Å². The average Bonchev–Trinajstić information content (AvgIpc) is 2.73.